The van der Waals surface area contributed by atoms with Crippen LogP contribution in [0.25, 0.3) is 0 Å². The second-order valence-corrected chi connectivity index (χ2v) is 15.3. The van der Waals surface area contributed by atoms with Crippen LogP contribution in [0.1, 0.15) is 74.7 Å². The first kappa shape index (κ1) is 41.7. The lowest BCUT2D eigenvalue weighted by Gasteiger charge is -2.47. The highest BCUT2D eigenvalue weighted by atomic mass is 16.7. The first-order chi connectivity index (χ1) is 23.1. The van der Waals surface area contributed by atoms with Gasteiger partial charge in [-0.15, -0.1) is 0 Å². The Morgan fingerprint density at radius 3 is 2.18 bits per heavy atom. The zero-order valence-electron chi connectivity index (χ0n) is 32.1. The lowest BCUT2D eigenvalue weighted by atomic mass is 9.73. The number of Topliss-reactive ketones (excluding diaryl/α,β-unsaturated/α-hetero) is 2. The molecule has 3 rings (SSSR count). The molecule has 15 heteroatoms. The number of nitrogens with one attached hydrogen (secondary N) is 1. The summed E-state index contributed by atoms with van der Waals surface area (Å²) in [7, 11) is 8.55. The quantitative estimate of drug-likeness (QED) is 0.276. The van der Waals surface area contributed by atoms with E-state index >= 15 is 0 Å². The van der Waals surface area contributed by atoms with Gasteiger partial charge in [0.15, 0.2) is 17.7 Å². The van der Waals surface area contributed by atoms with Crippen LogP contribution in [0.3, 0.4) is 0 Å². The Hall–Kier alpha value is -2.69. The number of amides is 2. The molecular weight excluding hydrogens is 652 g/mol. The average Bonchev–Trinajstić information content (AvgIpc) is 3.29. The normalized spacial score (nSPS) is 40.7. The van der Waals surface area contributed by atoms with Crippen molar-refractivity contribution < 1.29 is 52.8 Å². The molecule has 2 amide bonds. The van der Waals surface area contributed by atoms with Crippen molar-refractivity contribution in [3.05, 3.63) is 0 Å². The molecule has 3 aliphatic heterocycles. The molecule has 0 aromatic carbocycles. The van der Waals surface area contributed by atoms with Gasteiger partial charge in [-0.1, -0.05) is 27.7 Å². The van der Waals surface area contributed by atoms with Crippen LogP contribution in [-0.4, -0.2) is 145 Å². The number of ether oxygens (including phenoxy) is 5. The van der Waals surface area contributed by atoms with Gasteiger partial charge in [-0.25, -0.2) is 9.80 Å². The number of hydrogen-bond donors (Lipinski definition) is 2. The summed E-state index contributed by atoms with van der Waals surface area (Å²) in [6.45, 7) is 13.3. The molecule has 0 aromatic heterocycles. The van der Waals surface area contributed by atoms with Crippen molar-refractivity contribution >= 4 is 29.5 Å². The lowest BCUT2D eigenvalue weighted by molar-refractivity contribution is -0.295. The molecule has 3 heterocycles. The average molecular weight is 713 g/mol. The minimum absolute atomic E-state index is 0.0446. The standard InChI is InChI=1S/C35H60N4O11/c1-14-24-35(8)29(39(33(45)50-35)36-25(40)17-37(9)10)20(4)26(41)18(2)16-34(7,46-13)30(21(5)27(42)22(6)31(44)48-24)49-32-28(43)23(38(11)12)15-19(3)47-32/h18-24,28-30,32,43H,14-17H2,1-13H3,(H,36,40)/t18-,19-,20+,21+,22-,23+,24-,28-,29-,30-,32+,34-,35-/m1/s1. The number of hydrogen-bond acceptors (Lipinski definition) is 13. The van der Waals surface area contributed by atoms with Crippen LogP contribution < -0.4 is 5.43 Å². The Kier molecular flexibility index (Phi) is 13.6. The fourth-order valence-corrected chi connectivity index (χ4v) is 7.94. The minimum atomic E-state index is -1.58. The molecule has 50 heavy (non-hydrogen) atoms. The van der Waals surface area contributed by atoms with E-state index in [1.54, 1.807) is 60.5 Å². The molecule has 3 aliphatic rings. The van der Waals surface area contributed by atoms with Gasteiger partial charge in [-0.3, -0.25) is 24.6 Å². The van der Waals surface area contributed by atoms with Crippen molar-refractivity contribution in [3.8, 4) is 0 Å². The third-order valence-electron chi connectivity index (χ3n) is 10.8. The van der Waals surface area contributed by atoms with Crippen LogP contribution >= 0.6 is 0 Å². The molecule has 0 aliphatic carbocycles. The van der Waals surface area contributed by atoms with E-state index in [0.717, 1.165) is 5.01 Å². The van der Waals surface area contributed by atoms with Crippen LogP contribution in [0, 0.1) is 23.7 Å². The van der Waals surface area contributed by atoms with Gasteiger partial charge in [0.05, 0.1) is 24.4 Å². The highest BCUT2D eigenvalue weighted by molar-refractivity contribution is 6.00. The van der Waals surface area contributed by atoms with Crippen molar-refractivity contribution in [2.75, 3.05) is 41.8 Å². The van der Waals surface area contributed by atoms with E-state index in [9.17, 15) is 29.1 Å². The molecule has 0 radical (unpaired) electrons. The third kappa shape index (κ3) is 8.50. The molecular formula is C35H60N4O11. The SMILES string of the molecule is CC[C@H]1OC(=O)[C@H](C)C(=O)[C@H](C)[C@@H](O[C@@H]2O[C@H](C)C[C@H](N(C)C)[C@H]2O)[C@](C)(OC)C[C@@H](C)C(=O)[C@H](C)[C@H]2N(NC(=O)CN(C)C)C(=O)O[C@]12C. The van der Waals surface area contributed by atoms with Crippen molar-refractivity contribution in [2.24, 2.45) is 23.7 Å². The van der Waals surface area contributed by atoms with Gasteiger partial charge in [0.1, 0.15) is 30.0 Å². The van der Waals surface area contributed by atoms with Gasteiger partial charge in [-0.05, 0) is 75.1 Å². The number of methoxy groups -OCH3 is 1. The second kappa shape index (κ2) is 16.3. The first-order valence-corrected chi connectivity index (χ1v) is 17.6. The van der Waals surface area contributed by atoms with E-state index in [-0.39, 0.29) is 37.3 Å². The van der Waals surface area contributed by atoms with Gasteiger partial charge >= 0.3 is 12.1 Å². The van der Waals surface area contributed by atoms with Crippen molar-refractivity contribution in [3.63, 3.8) is 0 Å². The monoisotopic (exact) mass is 712 g/mol. The summed E-state index contributed by atoms with van der Waals surface area (Å²) < 4.78 is 30.6. The van der Waals surface area contributed by atoms with Crippen LogP contribution in [0.4, 0.5) is 4.79 Å². The number of nitrogens with zero attached hydrogens (tertiary/aromatic N) is 3. The summed E-state index contributed by atoms with van der Waals surface area (Å²) >= 11 is 0. The molecule has 0 saturated carbocycles. The minimum Gasteiger partial charge on any atom is -0.457 e. The maximum absolute atomic E-state index is 14.4. The van der Waals surface area contributed by atoms with E-state index in [2.05, 4.69) is 5.43 Å². The second-order valence-electron chi connectivity index (χ2n) is 15.3. The van der Waals surface area contributed by atoms with Crippen molar-refractivity contribution in [2.45, 2.75) is 129 Å². The summed E-state index contributed by atoms with van der Waals surface area (Å²) in [5.74, 6) is -6.06. The van der Waals surface area contributed by atoms with Crippen LogP contribution in [0.5, 0.6) is 0 Å². The van der Waals surface area contributed by atoms with Crippen LogP contribution in [0.2, 0.25) is 0 Å². The number of aliphatic hydroxyl groups is 1. The number of likely N-dealkylation sites (N-methyl/N-ethyl adjacent to an activating group) is 2. The Morgan fingerprint density at radius 2 is 1.64 bits per heavy atom. The largest absolute Gasteiger partial charge is 0.457 e. The number of rotatable bonds is 8. The number of aliphatic hydroxyl groups excluding tert-OH is 1. The third-order valence-corrected chi connectivity index (χ3v) is 10.8. The zero-order valence-corrected chi connectivity index (χ0v) is 32.1. The zero-order chi connectivity index (χ0) is 38.0. The number of carbonyl (C=O) groups excluding carboxylic acids is 5. The van der Waals surface area contributed by atoms with E-state index in [1.807, 2.05) is 25.9 Å². The molecule has 15 nitrogen and oxygen atoms in total. The number of carbonyl (C=O) groups is 5. The molecule has 286 valence electrons. The van der Waals surface area contributed by atoms with Crippen LogP contribution in [0.15, 0.2) is 0 Å². The fraction of sp³-hybridized carbons (Fsp3) is 0.857. The summed E-state index contributed by atoms with van der Waals surface area (Å²) in [6, 6.07) is -1.38. The van der Waals surface area contributed by atoms with Crippen LogP contribution in [-0.2, 0) is 42.9 Å². The summed E-state index contributed by atoms with van der Waals surface area (Å²) in [5.41, 5.74) is -0.286. The molecule has 2 N–H and O–H groups in total. The molecule has 0 bridgehead atoms. The number of fused-ring (bicyclic) bond motifs is 1. The molecule has 13 atom stereocenters. The predicted molar refractivity (Wildman–Crippen MR) is 181 cm³/mol. The van der Waals surface area contributed by atoms with Gasteiger partial charge in [0, 0.05) is 30.9 Å². The van der Waals surface area contributed by atoms with E-state index < -0.39 is 89.3 Å². The fourth-order valence-electron chi connectivity index (χ4n) is 7.94. The van der Waals surface area contributed by atoms with E-state index in [4.69, 9.17) is 23.7 Å². The molecule has 3 fully saturated rings. The van der Waals surface area contributed by atoms with Gasteiger partial charge in [0.25, 0.3) is 5.91 Å². The highest BCUT2D eigenvalue weighted by Crippen LogP contribution is 2.42. The summed E-state index contributed by atoms with van der Waals surface area (Å²) in [5, 5.41) is 12.4. The number of esters is 1. The Morgan fingerprint density at radius 1 is 1.02 bits per heavy atom. The Bertz CT molecular complexity index is 1260. The maximum atomic E-state index is 14.4. The Labute approximate surface area is 296 Å². The molecule has 0 aromatic rings. The highest BCUT2D eigenvalue weighted by Gasteiger charge is 2.61. The topological polar surface area (TPSA) is 173 Å². The molecule has 0 unspecified atom stereocenters. The van der Waals surface area contributed by atoms with Gasteiger partial charge in [-0.2, -0.15) is 0 Å². The Balaban J connectivity index is 2.14. The van der Waals surface area contributed by atoms with Crippen molar-refractivity contribution in [1.29, 1.82) is 0 Å². The molecule has 3 saturated heterocycles. The van der Waals surface area contributed by atoms with Crippen molar-refractivity contribution in [1.82, 2.24) is 20.2 Å². The lowest BCUT2D eigenvalue weighted by Crippen LogP contribution is -2.62. The number of ketones is 2. The number of hydrazine groups is 1. The van der Waals surface area contributed by atoms with Gasteiger partial charge in [0.2, 0.25) is 0 Å². The maximum Gasteiger partial charge on any atom is 0.429 e. The van der Waals surface area contributed by atoms with Gasteiger partial charge < -0.3 is 38.6 Å². The first-order valence-electron chi connectivity index (χ1n) is 17.6. The predicted octanol–water partition coefficient (Wildman–Crippen LogP) is 1.78. The summed E-state index contributed by atoms with van der Waals surface area (Å²) in [4.78, 5) is 72.2. The number of cyclic esters (lactones) is 1. The molecule has 0 spiro atoms. The summed E-state index contributed by atoms with van der Waals surface area (Å²) in [6.07, 6.45) is -4.76. The van der Waals surface area contributed by atoms with E-state index in [0.29, 0.717) is 6.42 Å². The van der Waals surface area contributed by atoms with E-state index in [1.165, 1.54) is 14.0 Å². The smallest absolute Gasteiger partial charge is 0.429 e.